The molecule has 1 heterocycles. The molecule has 1 aliphatic heterocycles. The first kappa shape index (κ1) is 25.0. The summed E-state index contributed by atoms with van der Waals surface area (Å²) in [6.07, 6.45) is 1.89. The number of halogens is 1. The molecule has 11 heteroatoms. The molecule has 2 aromatic carbocycles. The summed E-state index contributed by atoms with van der Waals surface area (Å²) < 4.78 is 0. The van der Waals surface area contributed by atoms with Gasteiger partial charge < -0.3 is 10.2 Å². The van der Waals surface area contributed by atoms with Crippen molar-refractivity contribution in [3.63, 3.8) is 0 Å². The van der Waals surface area contributed by atoms with Crippen LogP contribution in [0.1, 0.15) is 36.2 Å². The number of nitro benzene ring substituents is 1. The van der Waals surface area contributed by atoms with Gasteiger partial charge in [-0.1, -0.05) is 43.6 Å². The van der Waals surface area contributed by atoms with E-state index in [-0.39, 0.29) is 23.0 Å². The molecule has 0 saturated heterocycles. The highest BCUT2D eigenvalue weighted by molar-refractivity contribution is 6.32. The first-order chi connectivity index (χ1) is 16.2. The highest BCUT2D eigenvalue weighted by atomic mass is 35.5. The van der Waals surface area contributed by atoms with E-state index < -0.39 is 34.4 Å². The van der Waals surface area contributed by atoms with Gasteiger partial charge in [0, 0.05) is 23.9 Å². The highest BCUT2D eigenvalue weighted by Gasteiger charge is 2.27. The van der Waals surface area contributed by atoms with E-state index in [1.807, 2.05) is 29.2 Å². The minimum atomic E-state index is -0.988. The van der Waals surface area contributed by atoms with Crippen LogP contribution in [-0.2, 0) is 16.0 Å². The third-order valence-electron chi connectivity index (χ3n) is 5.51. The van der Waals surface area contributed by atoms with E-state index in [1.165, 1.54) is 17.7 Å². The molecule has 34 heavy (non-hydrogen) atoms. The van der Waals surface area contributed by atoms with Crippen LogP contribution in [0.5, 0.6) is 0 Å². The molecular weight excluding hydrogens is 462 g/mol. The number of nitro groups is 1. The average molecular weight is 488 g/mol. The molecule has 10 nitrogen and oxygen atoms in total. The second-order valence-corrected chi connectivity index (χ2v) is 8.72. The number of hydrogen-bond donors (Lipinski definition) is 3. The number of carbonyl (C=O) groups is 3. The molecular formula is C23H26ClN5O5. The molecule has 3 N–H and O–H groups in total. The lowest BCUT2D eigenvalue weighted by molar-refractivity contribution is -0.384. The third-order valence-corrected chi connectivity index (χ3v) is 5.83. The fourth-order valence-electron chi connectivity index (χ4n) is 3.75. The molecule has 0 bridgehead atoms. The molecule has 0 fully saturated rings. The Labute approximate surface area is 201 Å². The van der Waals surface area contributed by atoms with Gasteiger partial charge in [-0.3, -0.25) is 35.3 Å². The zero-order valence-corrected chi connectivity index (χ0v) is 19.6. The van der Waals surface area contributed by atoms with Crippen molar-refractivity contribution in [2.75, 3.05) is 18.0 Å². The Morgan fingerprint density at radius 1 is 1.15 bits per heavy atom. The number of amides is 3. The molecule has 0 saturated carbocycles. The number of hydrogen-bond acceptors (Lipinski definition) is 6. The number of fused-ring (bicyclic) bond motifs is 1. The van der Waals surface area contributed by atoms with Gasteiger partial charge in [-0.25, -0.2) is 0 Å². The molecule has 1 atom stereocenters. The molecule has 3 amide bonds. The normalized spacial score (nSPS) is 13.6. The second kappa shape index (κ2) is 11.0. The van der Waals surface area contributed by atoms with Crippen molar-refractivity contribution in [1.82, 2.24) is 16.2 Å². The predicted molar refractivity (Wildman–Crippen MR) is 127 cm³/mol. The standard InChI is InChI=1S/C23H26ClN5O5/c1-14(2)21(25-22(31)16-9-10-17(24)19(12-16)29(33)34)23(32)27-26-20(30)13-28-11-5-7-15-6-3-4-8-18(15)28/h3-4,6,8-10,12,14,21H,5,7,11,13H2,1-2H3,(H,25,31)(H,26,30)(H,27,32). The number of anilines is 1. The molecule has 0 radical (unpaired) electrons. The topological polar surface area (TPSA) is 134 Å². The molecule has 3 rings (SSSR count). The molecule has 0 aliphatic carbocycles. The summed E-state index contributed by atoms with van der Waals surface area (Å²) in [6.45, 7) is 4.25. The van der Waals surface area contributed by atoms with Gasteiger partial charge in [-0.15, -0.1) is 0 Å². The van der Waals surface area contributed by atoms with Crippen molar-refractivity contribution >= 4 is 40.7 Å². The Morgan fingerprint density at radius 2 is 1.88 bits per heavy atom. The lowest BCUT2D eigenvalue weighted by Gasteiger charge is -2.30. The molecule has 2 aromatic rings. The van der Waals surface area contributed by atoms with Crippen LogP contribution in [0.15, 0.2) is 42.5 Å². The van der Waals surface area contributed by atoms with E-state index in [0.29, 0.717) is 0 Å². The maximum absolute atomic E-state index is 12.7. The number of hydrazine groups is 1. The Kier molecular flexibility index (Phi) is 8.06. The summed E-state index contributed by atoms with van der Waals surface area (Å²) in [5, 5.41) is 13.5. The third kappa shape index (κ3) is 6.02. The van der Waals surface area contributed by atoms with Gasteiger partial charge in [-0.05, 0) is 42.5 Å². The zero-order valence-electron chi connectivity index (χ0n) is 18.8. The largest absolute Gasteiger partial charge is 0.362 e. The highest BCUT2D eigenvalue weighted by Crippen LogP contribution is 2.26. The number of rotatable bonds is 7. The maximum atomic E-state index is 12.7. The lowest BCUT2D eigenvalue weighted by atomic mass is 10.0. The Morgan fingerprint density at radius 3 is 2.59 bits per heavy atom. The first-order valence-corrected chi connectivity index (χ1v) is 11.2. The molecule has 0 spiro atoms. The van der Waals surface area contributed by atoms with E-state index >= 15 is 0 Å². The van der Waals surface area contributed by atoms with Crippen molar-refractivity contribution in [1.29, 1.82) is 0 Å². The lowest BCUT2D eigenvalue weighted by Crippen LogP contribution is -2.55. The smallest absolute Gasteiger partial charge is 0.288 e. The van der Waals surface area contributed by atoms with Crippen LogP contribution in [0.2, 0.25) is 5.02 Å². The summed E-state index contributed by atoms with van der Waals surface area (Å²) in [5.74, 6) is -2.01. The number of nitrogens with zero attached hydrogens (tertiary/aromatic N) is 2. The number of para-hydroxylation sites is 1. The number of carbonyl (C=O) groups excluding carboxylic acids is 3. The van der Waals surface area contributed by atoms with Crippen LogP contribution in [-0.4, -0.2) is 41.8 Å². The average Bonchev–Trinajstić information content (AvgIpc) is 2.81. The van der Waals surface area contributed by atoms with E-state index in [0.717, 1.165) is 31.1 Å². The Bertz CT molecular complexity index is 1110. The van der Waals surface area contributed by atoms with Gasteiger partial charge in [0.15, 0.2) is 0 Å². The van der Waals surface area contributed by atoms with Crippen LogP contribution in [0, 0.1) is 16.0 Å². The van der Waals surface area contributed by atoms with Gasteiger partial charge in [0.05, 0.1) is 11.5 Å². The number of nitrogens with one attached hydrogen (secondary N) is 3. The molecule has 0 aromatic heterocycles. The first-order valence-electron chi connectivity index (χ1n) is 10.8. The Balaban J connectivity index is 1.59. The van der Waals surface area contributed by atoms with Crippen LogP contribution in [0.4, 0.5) is 11.4 Å². The molecule has 180 valence electrons. The monoisotopic (exact) mass is 487 g/mol. The quantitative estimate of drug-likeness (QED) is 0.406. The van der Waals surface area contributed by atoms with Gasteiger partial charge >= 0.3 is 0 Å². The van der Waals surface area contributed by atoms with Gasteiger partial charge in [0.25, 0.3) is 23.4 Å². The van der Waals surface area contributed by atoms with E-state index in [4.69, 9.17) is 11.6 Å². The summed E-state index contributed by atoms with van der Waals surface area (Å²) in [7, 11) is 0. The summed E-state index contributed by atoms with van der Waals surface area (Å²) in [6, 6.07) is 10.5. The van der Waals surface area contributed by atoms with Crippen LogP contribution in [0.25, 0.3) is 0 Å². The number of aryl methyl sites for hydroxylation is 1. The zero-order chi connectivity index (χ0) is 24.8. The number of benzene rings is 2. The van der Waals surface area contributed by atoms with Crippen molar-refractivity contribution in [3.05, 3.63) is 68.7 Å². The van der Waals surface area contributed by atoms with Gasteiger partial charge in [0.2, 0.25) is 0 Å². The van der Waals surface area contributed by atoms with Crippen LogP contribution >= 0.6 is 11.6 Å². The SMILES string of the molecule is CC(C)C(NC(=O)c1ccc(Cl)c([N+](=O)[O-])c1)C(=O)NNC(=O)CN1CCCc2ccccc21. The van der Waals surface area contributed by atoms with Crippen LogP contribution < -0.4 is 21.1 Å². The van der Waals surface area contributed by atoms with Crippen LogP contribution in [0.3, 0.4) is 0 Å². The van der Waals surface area contributed by atoms with E-state index in [9.17, 15) is 24.5 Å². The van der Waals surface area contributed by atoms with Gasteiger partial charge in [-0.2, -0.15) is 0 Å². The van der Waals surface area contributed by atoms with Crippen molar-refractivity contribution in [3.8, 4) is 0 Å². The maximum Gasteiger partial charge on any atom is 0.288 e. The Hall–Kier alpha value is -3.66. The fourth-order valence-corrected chi connectivity index (χ4v) is 3.94. The summed E-state index contributed by atoms with van der Waals surface area (Å²) >= 11 is 5.79. The minimum absolute atomic E-state index is 0.0117. The summed E-state index contributed by atoms with van der Waals surface area (Å²) in [4.78, 5) is 50.1. The van der Waals surface area contributed by atoms with Crippen molar-refractivity contribution in [2.45, 2.75) is 32.7 Å². The van der Waals surface area contributed by atoms with Crippen molar-refractivity contribution < 1.29 is 19.3 Å². The van der Waals surface area contributed by atoms with Gasteiger partial charge in [0.1, 0.15) is 11.1 Å². The predicted octanol–water partition coefficient (Wildman–Crippen LogP) is 2.60. The molecule has 1 aliphatic rings. The fraction of sp³-hybridized carbons (Fsp3) is 0.348. The second-order valence-electron chi connectivity index (χ2n) is 8.31. The van der Waals surface area contributed by atoms with Crippen molar-refractivity contribution in [2.24, 2.45) is 5.92 Å². The summed E-state index contributed by atoms with van der Waals surface area (Å²) in [5.41, 5.74) is 6.52. The molecule has 1 unspecified atom stereocenters. The minimum Gasteiger partial charge on any atom is -0.362 e. The van der Waals surface area contributed by atoms with E-state index in [1.54, 1.807) is 13.8 Å². The van der Waals surface area contributed by atoms with E-state index in [2.05, 4.69) is 16.2 Å².